The van der Waals surface area contributed by atoms with Crippen molar-refractivity contribution in [3.05, 3.63) is 0 Å². The summed E-state index contributed by atoms with van der Waals surface area (Å²) >= 11 is 1.48. The Morgan fingerprint density at radius 3 is 1.28 bits per heavy atom. The van der Waals surface area contributed by atoms with E-state index in [1.165, 1.54) is 18.7 Å². The van der Waals surface area contributed by atoms with Crippen LogP contribution in [0.5, 0.6) is 0 Å². The van der Waals surface area contributed by atoms with E-state index < -0.39 is 59.8 Å². The van der Waals surface area contributed by atoms with Gasteiger partial charge in [-0.2, -0.15) is 11.8 Å². The van der Waals surface area contributed by atoms with Crippen LogP contribution in [0.4, 0.5) is 0 Å². The highest BCUT2D eigenvalue weighted by Crippen LogP contribution is 2.07. The standard InChI is InChI=1S/C26H47N5O7S/c1-7-11-18(28-22(33)17(10-4)27-16(5)32)23(34)30-20(14-15-39-6)25(36)29-19(12-8-2)24(35)31-21(13-9-3)26(37)38/h17-21H,7-15H2,1-6H3,(H,27,32)(H,28,33)(H,29,36)(H,30,34)(H,31,35)(H,37,38)/t17-,18-,19-,20-,21-/m0/s1. The molecule has 12 nitrogen and oxygen atoms in total. The number of aliphatic carboxylic acids is 1. The minimum atomic E-state index is -1.15. The maximum absolute atomic E-state index is 13.2. The summed E-state index contributed by atoms with van der Waals surface area (Å²) in [6.07, 6.45) is 5.04. The van der Waals surface area contributed by atoms with E-state index in [1.54, 1.807) is 6.92 Å². The summed E-state index contributed by atoms with van der Waals surface area (Å²) in [6, 6.07) is -4.72. The molecule has 13 heteroatoms. The fourth-order valence-electron chi connectivity index (χ4n) is 3.85. The molecule has 5 amide bonds. The summed E-state index contributed by atoms with van der Waals surface area (Å²) in [5.41, 5.74) is 0. The van der Waals surface area contributed by atoms with Crippen molar-refractivity contribution >= 4 is 47.3 Å². The van der Waals surface area contributed by atoms with E-state index in [1.807, 2.05) is 27.0 Å². The number of hydrogen-bond acceptors (Lipinski definition) is 7. The monoisotopic (exact) mass is 573 g/mol. The van der Waals surface area contributed by atoms with Gasteiger partial charge >= 0.3 is 5.97 Å². The molecule has 0 aliphatic carbocycles. The maximum atomic E-state index is 13.2. The first-order chi connectivity index (χ1) is 18.4. The van der Waals surface area contributed by atoms with E-state index in [2.05, 4.69) is 26.6 Å². The minimum Gasteiger partial charge on any atom is -0.480 e. The van der Waals surface area contributed by atoms with Crippen molar-refractivity contribution in [1.82, 2.24) is 26.6 Å². The predicted molar refractivity (Wildman–Crippen MR) is 151 cm³/mol. The average Bonchev–Trinajstić information content (AvgIpc) is 2.88. The number of amides is 5. The summed E-state index contributed by atoms with van der Waals surface area (Å²) in [6.45, 7) is 8.54. The molecule has 0 bridgehead atoms. The first-order valence-corrected chi connectivity index (χ1v) is 15.0. The van der Waals surface area contributed by atoms with Crippen molar-refractivity contribution < 1.29 is 33.9 Å². The number of thioether (sulfide) groups is 1. The van der Waals surface area contributed by atoms with Crippen LogP contribution >= 0.6 is 11.8 Å². The Hall–Kier alpha value is -2.83. The van der Waals surface area contributed by atoms with Crippen LogP contribution in [0, 0.1) is 0 Å². The van der Waals surface area contributed by atoms with Gasteiger partial charge in [0.15, 0.2) is 0 Å². The van der Waals surface area contributed by atoms with Gasteiger partial charge in [0.05, 0.1) is 0 Å². The van der Waals surface area contributed by atoms with Gasteiger partial charge in [-0.25, -0.2) is 4.79 Å². The van der Waals surface area contributed by atoms with Crippen molar-refractivity contribution in [2.75, 3.05) is 12.0 Å². The Morgan fingerprint density at radius 2 is 0.949 bits per heavy atom. The van der Waals surface area contributed by atoms with Gasteiger partial charge in [-0.3, -0.25) is 24.0 Å². The molecule has 0 aromatic heterocycles. The summed E-state index contributed by atoms with van der Waals surface area (Å²) in [4.78, 5) is 74.8. The molecule has 0 saturated carbocycles. The summed E-state index contributed by atoms with van der Waals surface area (Å²) in [5.74, 6) is -3.17. The average molecular weight is 574 g/mol. The Balaban J connectivity index is 5.64. The molecule has 0 aromatic rings. The van der Waals surface area contributed by atoms with E-state index in [-0.39, 0.29) is 25.2 Å². The van der Waals surface area contributed by atoms with E-state index in [9.17, 15) is 33.9 Å². The fourth-order valence-corrected chi connectivity index (χ4v) is 4.32. The molecule has 0 heterocycles. The highest BCUT2D eigenvalue weighted by molar-refractivity contribution is 7.98. The van der Waals surface area contributed by atoms with Gasteiger partial charge in [-0.1, -0.05) is 47.0 Å². The second-order valence-corrected chi connectivity index (χ2v) is 10.4. The summed E-state index contributed by atoms with van der Waals surface area (Å²) in [5, 5.41) is 22.5. The van der Waals surface area contributed by atoms with Crippen molar-refractivity contribution in [1.29, 1.82) is 0 Å². The van der Waals surface area contributed by atoms with Gasteiger partial charge in [-0.05, 0) is 44.1 Å². The molecule has 0 rings (SSSR count). The molecule has 0 unspecified atom stereocenters. The molecular weight excluding hydrogens is 526 g/mol. The highest BCUT2D eigenvalue weighted by Gasteiger charge is 2.31. The Morgan fingerprint density at radius 1 is 0.590 bits per heavy atom. The van der Waals surface area contributed by atoms with Crippen LogP contribution in [-0.4, -0.2) is 82.8 Å². The summed E-state index contributed by atoms with van der Waals surface area (Å²) < 4.78 is 0. The molecule has 0 aliphatic rings. The molecule has 0 aromatic carbocycles. The molecular formula is C26H47N5O7S. The van der Waals surface area contributed by atoms with Crippen LogP contribution in [0.2, 0.25) is 0 Å². The molecule has 6 N–H and O–H groups in total. The Bertz CT molecular complexity index is 827. The largest absolute Gasteiger partial charge is 0.480 e. The fraction of sp³-hybridized carbons (Fsp3) is 0.769. The predicted octanol–water partition coefficient (Wildman–Crippen LogP) is 1.08. The Labute approximate surface area is 235 Å². The zero-order valence-corrected chi connectivity index (χ0v) is 24.9. The molecule has 0 saturated heterocycles. The smallest absolute Gasteiger partial charge is 0.326 e. The third kappa shape index (κ3) is 14.2. The third-order valence-corrected chi connectivity index (χ3v) is 6.60. The maximum Gasteiger partial charge on any atom is 0.326 e. The summed E-state index contributed by atoms with van der Waals surface area (Å²) in [7, 11) is 0. The van der Waals surface area contributed by atoms with E-state index in [4.69, 9.17) is 0 Å². The first-order valence-electron chi connectivity index (χ1n) is 13.7. The van der Waals surface area contributed by atoms with Crippen molar-refractivity contribution in [2.45, 2.75) is 116 Å². The van der Waals surface area contributed by atoms with Gasteiger partial charge in [0.25, 0.3) is 0 Å². The third-order valence-electron chi connectivity index (χ3n) is 5.96. The van der Waals surface area contributed by atoms with Gasteiger partial charge in [0.2, 0.25) is 29.5 Å². The lowest BCUT2D eigenvalue weighted by Crippen LogP contribution is -2.58. The number of carboxylic acid groups (broad SMARTS) is 1. The normalized spacial score (nSPS) is 14.6. The SMILES string of the molecule is CCC[C@H](NC(=O)[C@H](CCC)NC(=O)[C@H](CCSC)NC(=O)[C@H](CCC)NC(=O)[C@H](CC)NC(C)=O)C(=O)O. The van der Waals surface area contributed by atoms with Crippen LogP contribution in [-0.2, 0) is 28.8 Å². The van der Waals surface area contributed by atoms with Crippen LogP contribution in [0.1, 0.15) is 86.0 Å². The van der Waals surface area contributed by atoms with Crippen LogP contribution in [0.3, 0.4) is 0 Å². The second kappa shape index (κ2) is 20.1. The van der Waals surface area contributed by atoms with Gasteiger partial charge in [-0.15, -0.1) is 0 Å². The van der Waals surface area contributed by atoms with E-state index in [0.717, 1.165) is 0 Å². The quantitative estimate of drug-likeness (QED) is 0.125. The van der Waals surface area contributed by atoms with E-state index >= 15 is 0 Å². The molecule has 0 spiro atoms. The number of carbonyl (C=O) groups excluding carboxylic acids is 5. The number of nitrogens with one attached hydrogen (secondary N) is 5. The minimum absolute atomic E-state index is 0.256. The second-order valence-electron chi connectivity index (χ2n) is 9.39. The molecule has 39 heavy (non-hydrogen) atoms. The number of rotatable bonds is 20. The van der Waals surface area contributed by atoms with Crippen LogP contribution in [0.25, 0.3) is 0 Å². The molecule has 224 valence electrons. The zero-order chi connectivity index (χ0) is 30.0. The first kappa shape index (κ1) is 36.2. The Kier molecular flexibility index (Phi) is 18.7. The van der Waals surface area contributed by atoms with Crippen molar-refractivity contribution in [2.24, 2.45) is 0 Å². The molecule has 5 atom stereocenters. The zero-order valence-electron chi connectivity index (χ0n) is 24.1. The van der Waals surface area contributed by atoms with Gasteiger partial charge in [0, 0.05) is 6.92 Å². The lowest BCUT2D eigenvalue weighted by molar-refractivity contribution is -0.142. The molecule has 0 aliphatic heterocycles. The lowest BCUT2D eigenvalue weighted by atomic mass is 10.1. The highest BCUT2D eigenvalue weighted by atomic mass is 32.2. The number of hydrogen-bond donors (Lipinski definition) is 6. The van der Waals surface area contributed by atoms with Crippen LogP contribution in [0.15, 0.2) is 0 Å². The molecule has 0 fully saturated rings. The van der Waals surface area contributed by atoms with E-state index in [0.29, 0.717) is 37.9 Å². The van der Waals surface area contributed by atoms with Crippen molar-refractivity contribution in [3.8, 4) is 0 Å². The topological polar surface area (TPSA) is 183 Å². The van der Waals surface area contributed by atoms with Crippen molar-refractivity contribution in [3.63, 3.8) is 0 Å². The van der Waals surface area contributed by atoms with Gasteiger partial charge in [0.1, 0.15) is 30.2 Å². The van der Waals surface area contributed by atoms with Gasteiger partial charge < -0.3 is 31.7 Å². The number of carbonyl (C=O) groups is 6. The lowest BCUT2D eigenvalue weighted by Gasteiger charge is -2.26. The molecule has 0 radical (unpaired) electrons. The van der Waals surface area contributed by atoms with Crippen LogP contribution < -0.4 is 26.6 Å². The number of carboxylic acids is 1.